The summed E-state index contributed by atoms with van der Waals surface area (Å²) in [4.78, 5) is 0. The lowest BCUT2D eigenvalue weighted by molar-refractivity contribution is -0.203. The van der Waals surface area contributed by atoms with Crippen molar-refractivity contribution in [2.45, 2.75) is 111 Å². The summed E-state index contributed by atoms with van der Waals surface area (Å²) in [5.41, 5.74) is 2.13. The summed E-state index contributed by atoms with van der Waals surface area (Å²) in [5.74, 6) is 4.21. The fourth-order valence-corrected chi connectivity index (χ4v) is 13.3. The van der Waals surface area contributed by atoms with Crippen LogP contribution in [0.25, 0.3) is 0 Å². The molecule has 2 aromatic carbocycles. The topological polar surface area (TPSA) is 96.3 Å². The Hall–Kier alpha value is -2.13. The number of hydrogen-bond donors (Lipinski definition) is 2. The predicted molar refractivity (Wildman–Crippen MR) is 195 cm³/mol. The molecule has 4 aliphatic rings. The van der Waals surface area contributed by atoms with Gasteiger partial charge in [-0.15, -0.1) is 0 Å². The van der Waals surface area contributed by atoms with Crippen LogP contribution >= 0.6 is 0 Å². The first-order chi connectivity index (χ1) is 23.3. The third kappa shape index (κ3) is 6.93. The molecular weight excluding hydrogens is 635 g/mol. The van der Waals surface area contributed by atoms with E-state index < -0.39 is 10.0 Å². The number of sulfonamides is 1. The normalized spacial score (nSPS) is 36.4. The monoisotopic (exact) mass is 695 g/mol. The number of benzene rings is 2. The van der Waals surface area contributed by atoms with Crippen molar-refractivity contribution in [2.75, 3.05) is 20.0 Å². The first-order valence-corrected chi connectivity index (χ1v) is 20.5. The van der Waals surface area contributed by atoms with E-state index in [1.807, 2.05) is 48.5 Å². The van der Waals surface area contributed by atoms with E-state index in [4.69, 9.17) is 9.47 Å². The minimum Gasteiger partial charge on any atom is -0.497 e. The van der Waals surface area contributed by atoms with Gasteiger partial charge in [-0.05, 0) is 139 Å². The second kappa shape index (κ2) is 14.5. The third-order valence-electron chi connectivity index (χ3n) is 14.4. The van der Waals surface area contributed by atoms with Crippen LogP contribution in [0.1, 0.15) is 96.6 Å². The molecule has 1 unspecified atom stereocenters. The molecule has 0 amide bonds. The maximum Gasteiger partial charge on any atom is 0.214 e. The standard InChI is InChI=1S/C41H61NO6S/c1-7-33-37-24-30(43)18-21-41(37,4)36-19-22-40(3)34(16-17-35(40)38(36)39(33)44)27(2)20-23-49(45,46)42(25-28-8-12-31(47-5)13-9-28)26-29-10-14-32(48-6)15-11-29/h8-15,27,30,33-39,43-44H,7,16-26H2,1-6H3/t27-,30-,33-,34?,35+,36+,37+,38+,39-,40-,41-/m1/s1. The van der Waals surface area contributed by atoms with Crippen LogP contribution in [0.5, 0.6) is 11.5 Å². The summed E-state index contributed by atoms with van der Waals surface area (Å²) < 4.78 is 40.7. The molecule has 0 aliphatic heterocycles. The molecule has 2 N–H and O–H groups in total. The number of fused-ring (bicyclic) bond motifs is 5. The molecule has 4 fully saturated rings. The van der Waals surface area contributed by atoms with Crippen molar-refractivity contribution in [3.05, 3.63) is 59.7 Å². The van der Waals surface area contributed by atoms with E-state index in [0.717, 1.165) is 74.0 Å². The van der Waals surface area contributed by atoms with E-state index in [1.54, 1.807) is 18.5 Å². The van der Waals surface area contributed by atoms with Gasteiger partial charge >= 0.3 is 0 Å². The lowest BCUT2D eigenvalue weighted by Crippen LogP contribution is -2.62. The van der Waals surface area contributed by atoms with Gasteiger partial charge in [-0.1, -0.05) is 58.4 Å². The molecule has 49 heavy (non-hydrogen) atoms. The van der Waals surface area contributed by atoms with Crippen molar-refractivity contribution in [3.63, 3.8) is 0 Å². The Balaban J connectivity index is 1.18. The molecule has 2 aromatic rings. The van der Waals surface area contributed by atoms with E-state index in [-0.39, 0.29) is 40.6 Å². The first-order valence-electron chi connectivity index (χ1n) is 18.9. The average molecular weight is 696 g/mol. The Morgan fingerprint density at radius 2 is 1.37 bits per heavy atom. The molecule has 0 saturated heterocycles. The van der Waals surface area contributed by atoms with Crippen LogP contribution in [0.2, 0.25) is 0 Å². The molecule has 4 saturated carbocycles. The molecule has 0 bridgehead atoms. The van der Waals surface area contributed by atoms with Crippen LogP contribution in [0, 0.1) is 52.3 Å². The summed E-state index contributed by atoms with van der Waals surface area (Å²) in [5, 5.41) is 22.7. The Morgan fingerprint density at radius 3 is 1.92 bits per heavy atom. The van der Waals surface area contributed by atoms with Crippen molar-refractivity contribution >= 4 is 10.0 Å². The van der Waals surface area contributed by atoms with Crippen molar-refractivity contribution in [1.82, 2.24) is 4.31 Å². The van der Waals surface area contributed by atoms with Crippen molar-refractivity contribution in [1.29, 1.82) is 0 Å². The number of nitrogens with zero attached hydrogens (tertiary/aromatic N) is 1. The Labute approximate surface area is 295 Å². The number of aliphatic hydroxyl groups excluding tert-OH is 2. The van der Waals surface area contributed by atoms with Gasteiger partial charge in [0.05, 0.1) is 32.2 Å². The molecule has 7 nitrogen and oxygen atoms in total. The molecule has 0 heterocycles. The molecule has 4 aliphatic carbocycles. The summed E-state index contributed by atoms with van der Waals surface area (Å²) in [6, 6.07) is 15.3. The van der Waals surface area contributed by atoms with Gasteiger partial charge in [0.15, 0.2) is 0 Å². The molecular formula is C41H61NO6S. The maximum absolute atomic E-state index is 14.2. The van der Waals surface area contributed by atoms with Gasteiger partial charge in [0, 0.05) is 13.1 Å². The molecule has 11 atom stereocenters. The van der Waals surface area contributed by atoms with Crippen molar-refractivity contribution < 1.29 is 28.1 Å². The van der Waals surface area contributed by atoms with Crippen LogP contribution in [0.15, 0.2) is 48.5 Å². The fourth-order valence-electron chi connectivity index (χ4n) is 11.7. The van der Waals surface area contributed by atoms with Gasteiger partial charge in [-0.3, -0.25) is 0 Å². The number of methoxy groups -OCH3 is 2. The van der Waals surface area contributed by atoms with Crippen LogP contribution in [-0.4, -0.2) is 55.1 Å². The SMILES string of the molecule is CC[C@H]1[C@@H](O)[C@@H]2[C@H](CC[C@]3(C)C([C@H](C)CCS(=O)(=O)N(Cc4ccc(OC)cc4)Cc4ccc(OC)cc4)CC[C@@H]23)[C@@]2(C)CC[C@@H](O)C[C@@H]12. The molecule has 8 heteroatoms. The van der Waals surface area contributed by atoms with Gasteiger partial charge in [0.2, 0.25) is 10.0 Å². The van der Waals surface area contributed by atoms with Gasteiger partial charge in [-0.25, -0.2) is 8.42 Å². The van der Waals surface area contributed by atoms with Crippen LogP contribution in [-0.2, 0) is 23.1 Å². The molecule has 272 valence electrons. The number of ether oxygens (including phenoxy) is 2. The number of rotatable bonds is 12. The smallest absolute Gasteiger partial charge is 0.214 e. The van der Waals surface area contributed by atoms with Gasteiger partial charge in [0.1, 0.15) is 11.5 Å². The minimum absolute atomic E-state index is 0.104. The van der Waals surface area contributed by atoms with Gasteiger partial charge < -0.3 is 19.7 Å². The zero-order valence-electron chi connectivity index (χ0n) is 30.7. The van der Waals surface area contributed by atoms with Gasteiger partial charge in [-0.2, -0.15) is 4.31 Å². The van der Waals surface area contributed by atoms with E-state index in [1.165, 1.54) is 0 Å². The summed E-state index contributed by atoms with van der Waals surface area (Å²) in [6.07, 6.45) is 8.32. The first kappa shape index (κ1) is 36.7. The van der Waals surface area contributed by atoms with E-state index in [9.17, 15) is 18.6 Å². The lowest BCUT2D eigenvalue weighted by Gasteiger charge is -2.64. The zero-order chi connectivity index (χ0) is 35.1. The molecule has 0 aromatic heterocycles. The second-order valence-electron chi connectivity index (χ2n) is 16.7. The highest BCUT2D eigenvalue weighted by Crippen LogP contribution is 2.69. The van der Waals surface area contributed by atoms with Crippen LogP contribution in [0.4, 0.5) is 0 Å². The highest BCUT2D eigenvalue weighted by atomic mass is 32.2. The number of hydrogen-bond acceptors (Lipinski definition) is 6. The molecule has 0 radical (unpaired) electrons. The summed E-state index contributed by atoms with van der Waals surface area (Å²) in [7, 11) is -0.314. The highest BCUT2D eigenvalue weighted by molar-refractivity contribution is 7.89. The number of aliphatic hydroxyl groups is 2. The average Bonchev–Trinajstić information content (AvgIpc) is 3.45. The fraction of sp³-hybridized carbons (Fsp3) is 0.707. The Kier molecular flexibility index (Phi) is 10.8. The van der Waals surface area contributed by atoms with E-state index >= 15 is 0 Å². The van der Waals surface area contributed by atoms with Crippen molar-refractivity contribution in [3.8, 4) is 11.5 Å². The third-order valence-corrected chi connectivity index (χ3v) is 16.2. The minimum atomic E-state index is -3.58. The van der Waals surface area contributed by atoms with E-state index in [2.05, 4.69) is 27.7 Å². The van der Waals surface area contributed by atoms with Gasteiger partial charge in [0.25, 0.3) is 0 Å². The Bertz CT molecular complexity index is 1460. The Morgan fingerprint density at radius 1 is 0.816 bits per heavy atom. The predicted octanol–water partition coefficient (Wildman–Crippen LogP) is 7.69. The zero-order valence-corrected chi connectivity index (χ0v) is 31.5. The summed E-state index contributed by atoms with van der Waals surface area (Å²) >= 11 is 0. The largest absolute Gasteiger partial charge is 0.497 e. The van der Waals surface area contributed by atoms with Crippen LogP contribution < -0.4 is 9.47 Å². The van der Waals surface area contributed by atoms with Crippen molar-refractivity contribution in [2.24, 2.45) is 52.3 Å². The summed E-state index contributed by atoms with van der Waals surface area (Å²) in [6.45, 7) is 10.1. The lowest BCUT2D eigenvalue weighted by atomic mass is 9.41. The maximum atomic E-state index is 14.2. The molecule has 0 spiro atoms. The van der Waals surface area contributed by atoms with E-state index in [0.29, 0.717) is 49.1 Å². The highest BCUT2D eigenvalue weighted by Gasteiger charge is 2.64. The molecule has 6 rings (SSSR count). The van der Waals surface area contributed by atoms with Crippen LogP contribution in [0.3, 0.4) is 0 Å². The second-order valence-corrected chi connectivity index (χ2v) is 18.8. The quantitative estimate of drug-likeness (QED) is 0.237.